The van der Waals surface area contributed by atoms with Crippen LogP contribution >= 0.6 is 0 Å². The van der Waals surface area contributed by atoms with Gasteiger partial charge < -0.3 is 16.0 Å². The topological polar surface area (TPSA) is 92.5 Å². The van der Waals surface area contributed by atoms with Crippen LogP contribution in [-0.4, -0.2) is 41.8 Å². The largest absolute Gasteiger partial charge is 0.368 e. The van der Waals surface area contributed by atoms with Crippen LogP contribution in [0.1, 0.15) is 131 Å². The van der Waals surface area contributed by atoms with Gasteiger partial charge in [-0.25, -0.2) is 0 Å². The van der Waals surface area contributed by atoms with Crippen molar-refractivity contribution >= 4 is 17.7 Å². The average Bonchev–Trinajstić information content (AvgIpc) is 2.78. The van der Waals surface area contributed by atoms with Crippen molar-refractivity contribution in [2.45, 2.75) is 137 Å². The molecule has 0 bridgehead atoms. The molecule has 0 aromatic carbocycles. The Labute approximate surface area is 210 Å². The number of carbonyl (C=O) groups excluding carboxylic acids is 3. The minimum atomic E-state index is -0.571. The van der Waals surface area contributed by atoms with Crippen molar-refractivity contribution in [3.63, 3.8) is 0 Å². The third-order valence-electron chi connectivity index (χ3n) is 6.20. The van der Waals surface area contributed by atoms with Gasteiger partial charge in [0.15, 0.2) is 0 Å². The zero-order valence-electron chi connectivity index (χ0n) is 23.0. The Hall–Kier alpha value is -1.59. The van der Waals surface area contributed by atoms with Gasteiger partial charge in [0.25, 0.3) is 0 Å². The van der Waals surface area contributed by atoms with Gasteiger partial charge in [-0.15, -0.1) is 0 Å². The van der Waals surface area contributed by atoms with Crippen molar-refractivity contribution in [2.24, 2.45) is 17.6 Å². The van der Waals surface area contributed by atoms with E-state index in [9.17, 15) is 14.4 Å². The van der Waals surface area contributed by atoms with Crippen molar-refractivity contribution in [1.29, 1.82) is 0 Å². The first-order valence-electron chi connectivity index (χ1n) is 14.1. The van der Waals surface area contributed by atoms with Crippen LogP contribution in [-0.2, 0) is 14.4 Å². The molecule has 0 aromatic rings. The standard InChI is InChI=1S/C24H45N3O3.C4H10/c1-3-13-21(24(30)26-19-22(25)28)27(23(29)14-4-2)18-12-7-5-6-9-15-20-16-10-8-11-17-20;1-4(2)3/h20-21H,3-19H2,1-2H3,(H2,25,28)(H,26,30);4H,1-3H3/t21-;/m0./s1. The predicted octanol–water partition coefficient (Wildman–Crippen LogP) is 5.97. The summed E-state index contributed by atoms with van der Waals surface area (Å²) in [5, 5.41) is 2.59. The number of nitrogens with one attached hydrogen (secondary N) is 1. The van der Waals surface area contributed by atoms with E-state index in [2.05, 4.69) is 26.1 Å². The molecule has 0 heterocycles. The lowest BCUT2D eigenvalue weighted by Crippen LogP contribution is -2.51. The molecule has 0 unspecified atom stereocenters. The highest BCUT2D eigenvalue weighted by Crippen LogP contribution is 2.28. The molecule has 6 heteroatoms. The summed E-state index contributed by atoms with van der Waals surface area (Å²) in [6.45, 7) is 10.9. The summed E-state index contributed by atoms with van der Waals surface area (Å²) in [5.41, 5.74) is 5.15. The van der Waals surface area contributed by atoms with Crippen LogP contribution in [0.15, 0.2) is 0 Å². The Balaban J connectivity index is 0.00000251. The first kappa shape index (κ1) is 32.4. The van der Waals surface area contributed by atoms with E-state index >= 15 is 0 Å². The molecule has 200 valence electrons. The van der Waals surface area contributed by atoms with Gasteiger partial charge >= 0.3 is 0 Å². The zero-order chi connectivity index (χ0) is 25.8. The second kappa shape index (κ2) is 20.8. The molecular formula is C28H55N3O3. The molecule has 1 saturated carbocycles. The number of rotatable bonds is 16. The van der Waals surface area contributed by atoms with Gasteiger partial charge in [-0.1, -0.05) is 105 Å². The van der Waals surface area contributed by atoms with Gasteiger partial charge in [0.05, 0.1) is 6.54 Å². The molecular weight excluding hydrogens is 426 g/mol. The lowest BCUT2D eigenvalue weighted by atomic mass is 9.85. The molecule has 3 amide bonds. The summed E-state index contributed by atoms with van der Waals surface area (Å²) >= 11 is 0. The zero-order valence-corrected chi connectivity index (χ0v) is 23.0. The smallest absolute Gasteiger partial charge is 0.243 e. The van der Waals surface area contributed by atoms with Crippen LogP contribution in [0.3, 0.4) is 0 Å². The van der Waals surface area contributed by atoms with Crippen LogP contribution in [0.4, 0.5) is 0 Å². The number of unbranched alkanes of at least 4 members (excludes halogenated alkanes) is 4. The molecule has 3 N–H and O–H groups in total. The molecule has 0 radical (unpaired) electrons. The molecule has 0 aromatic heterocycles. The summed E-state index contributed by atoms with van der Waals surface area (Å²) < 4.78 is 0. The van der Waals surface area contributed by atoms with E-state index in [-0.39, 0.29) is 18.4 Å². The number of amides is 3. The molecule has 1 fully saturated rings. The van der Waals surface area contributed by atoms with Crippen LogP contribution in [0.5, 0.6) is 0 Å². The summed E-state index contributed by atoms with van der Waals surface area (Å²) in [4.78, 5) is 38.1. The summed E-state index contributed by atoms with van der Waals surface area (Å²) in [6, 6.07) is -0.514. The highest BCUT2D eigenvalue weighted by Gasteiger charge is 2.28. The maximum atomic E-state index is 12.7. The molecule has 1 atom stereocenters. The van der Waals surface area contributed by atoms with E-state index in [1.165, 1.54) is 57.8 Å². The van der Waals surface area contributed by atoms with E-state index < -0.39 is 11.9 Å². The molecule has 1 aliphatic carbocycles. The Morgan fingerprint density at radius 2 is 1.50 bits per heavy atom. The Bertz CT molecular complexity index is 542. The fraction of sp³-hybridized carbons (Fsp3) is 0.893. The third-order valence-corrected chi connectivity index (χ3v) is 6.20. The molecule has 6 nitrogen and oxygen atoms in total. The van der Waals surface area contributed by atoms with E-state index in [1.54, 1.807) is 4.90 Å². The van der Waals surface area contributed by atoms with E-state index in [0.717, 1.165) is 37.5 Å². The molecule has 34 heavy (non-hydrogen) atoms. The van der Waals surface area contributed by atoms with Crippen molar-refractivity contribution in [3.8, 4) is 0 Å². The molecule has 0 saturated heterocycles. The second-order valence-corrected chi connectivity index (χ2v) is 10.6. The van der Waals surface area contributed by atoms with Crippen LogP contribution in [0.2, 0.25) is 0 Å². The first-order valence-corrected chi connectivity index (χ1v) is 14.1. The van der Waals surface area contributed by atoms with E-state index in [1.807, 2.05) is 13.8 Å². The fourth-order valence-electron chi connectivity index (χ4n) is 4.53. The lowest BCUT2D eigenvalue weighted by Gasteiger charge is -2.31. The number of carbonyl (C=O) groups is 3. The van der Waals surface area contributed by atoms with Gasteiger partial charge in [-0.2, -0.15) is 0 Å². The molecule has 0 spiro atoms. The van der Waals surface area contributed by atoms with E-state index in [0.29, 0.717) is 19.4 Å². The highest BCUT2D eigenvalue weighted by molar-refractivity contribution is 5.90. The molecule has 1 rings (SSSR count). The van der Waals surface area contributed by atoms with Gasteiger partial charge in [0, 0.05) is 13.0 Å². The van der Waals surface area contributed by atoms with Crippen molar-refractivity contribution in [1.82, 2.24) is 10.2 Å². The Morgan fingerprint density at radius 1 is 0.912 bits per heavy atom. The van der Waals surface area contributed by atoms with Crippen molar-refractivity contribution in [3.05, 3.63) is 0 Å². The first-order chi connectivity index (χ1) is 16.2. The summed E-state index contributed by atoms with van der Waals surface area (Å²) in [5.74, 6) is 0.975. The average molecular weight is 482 g/mol. The van der Waals surface area contributed by atoms with Crippen LogP contribution in [0, 0.1) is 11.8 Å². The number of hydrogen-bond acceptors (Lipinski definition) is 3. The third kappa shape index (κ3) is 16.9. The quantitative estimate of drug-likeness (QED) is 0.266. The van der Waals surface area contributed by atoms with Crippen LogP contribution < -0.4 is 11.1 Å². The maximum absolute atomic E-state index is 12.7. The summed E-state index contributed by atoms with van der Waals surface area (Å²) in [7, 11) is 0. The monoisotopic (exact) mass is 481 g/mol. The Kier molecular flexibility index (Phi) is 19.8. The van der Waals surface area contributed by atoms with Crippen molar-refractivity contribution in [2.75, 3.05) is 13.1 Å². The lowest BCUT2D eigenvalue weighted by molar-refractivity contribution is -0.141. The van der Waals surface area contributed by atoms with E-state index in [4.69, 9.17) is 5.73 Å². The number of primary amides is 1. The molecule has 1 aliphatic rings. The van der Waals surface area contributed by atoms with Gasteiger partial charge in [-0.05, 0) is 31.1 Å². The molecule has 0 aliphatic heterocycles. The van der Waals surface area contributed by atoms with Gasteiger partial charge in [0.1, 0.15) is 6.04 Å². The van der Waals surface area contributed by atoms with Gasteiger partial charge in [0.2, 0.25) is 17.7 Å². The second-order valence-electron chi connectivity index (χ2n) is 10.6. The highest BCUT2D eigenvalue weighted by atomic mass is 16.2. The SMILES string of the molecule is CC(C)C.CCCC(=O)N(CCCCCCCC1CCCCC1)[C@@H](CCC)C(=O)NCC(N)=O. The summed E-state index contributed by atoms with van der Waals surface area (Å²) in [6.07, 6.45) is 16.8. The number of nitrogens with zero attached hydrogens (tertiary/aromatic N) is 1. The minimum Gasteiger partial charge on any atom is -0.368 e. The predicted molar refractivity (Wildman–Crippen MR) is 142 cm³/mol. The number of nitrogens with two attached hydrogens (primary N) is 1. The van der Waals surface area contributed by atoms with Gasteiger partial charge in [-0.3, -0.25) is 14.4 Å². The maximum Gasteiger partial charge on any atom is 0.243 e. The van der Waals surface area contributed by atoms with Crippen LogP contribution in [0.25, 0.3) is 0 Å². The fourth-order valence-corrected chi connectivity index (χ4v) is 4.53. The normalized spacial score (nSPS) is 14.8. The van der Waals surface area contributed by atoms with Crippen molar-refractivity contribution < 1.29 is 14.4 Å². The Morgan fingerprint density at radius 3 is 2.06 bits per heavy atom. The minimum absolute atomic E-state index is 0.0301. The number of hydrogen-bond donors (Lipinski definition) is 2.